The van der Waals surface area contributed by atoms with Gasteiger partial charge >= 0.3 is 0 Å². The lowest BCUT2D eigenvalue weighted by atomic mass is 10.1. The van der Waals surface area contributed by atoms with E-state index in [1.165, 1.54) is 6.20 Å². The van der Waals surface area contributed by atoms with Gasteiger partial charge in [-0.15, -0.1) is 5.10 Å². The molecule has 2 N–H and O–H groups in total. The molecule has 1 heterocycles. The Bertz CT molecular complexity index is 901. The second kappa shape index (κ2) is 7.16. The number of aryl methyl sites for hydroxylation is 1. The third-order valence-corrected chi connectivity index (χ3v) is 3.50. The number of anilines is 4. The summed E-state index contributed by atoms with van der Waals surface area (Å²) in [7, 11) is 0. The SMILES string of the molecule is CCc1ccccc1Nc1nncc(Nc2ccc(F)c(F)c2F)n1. The second-order valence-corrected chi connectivity index (χ2v) is 5.15. The van der Waals surface area contributed by atoms with Crippen LogP contribution in [0, 0.1) is 17.5 Å². The first-order chi connectivity index (χ1) is 12.1. The number of halogens is 3. The van der Waals surface area contributed by atoms with Crippen molar-refractivity contribution in [2.24, 2.45) is 0 Å². The first kappa shape index (κ1) is 16.7. The van der Waals surface area contributed by atoms with Crippen LogP contribution in [0.5, 0.6) is 0 Å². The highest BCUT2D eigenvalue weighted by Gasteiger charge is 2.14. The highest BCUT2D eigenvalue weighted by molar-refractivity contribution is 5.61. The van der Waals surface area contributed by atoms with Crippen molar-refractivity contribution in [1.29, 1.82) is 0 Å². The number of benzene rings is 2. The fourth-order valence-corrected chi connectivity index (χ4v) is 2.25. The van der Waals surface area contributed by atoms with Crippen molar-refractivity contribution in [3.8, 4) is 0 Å². The van der Waals surface area contributed by atoms with E-state index in [-0.39, 0.29) is 17.5 Å². The number of nitrogens with one attached hydrogen (secondary N) is 2. The van der Waals surface area contributed by atoms with Crippen molar-refractivity contribution in [1.82, 2.24) is 15.2 Å². The van der Waals surface area contributed by atoms with Gasteiger partial charge in [0.1, 0.15) is 0 Å². The molecule has 0 aliphatic carbocycles. The molecule has 3 rings (SSSR count). The lowest BCUT2D eigenvalue weighted by Gasteiger charge is -2.11. The molecule has 0 saturated heterocycles. The number of para-hydroxylation sites is 1. The Morgan fingerprint density at radius 2 is 1.72 bits per heavy atom. The number of hydrogen-bond donors (Lipinski definition) is 2. The maximum Gasteiger partial charge on any atom is 0.249 e. The molecule has 0 amide bonds. The molecule has 0 saturated carbocycles. The van der Waals surface area contributed by atoms with Gasteiger partial charge in [-0.1, -0.05) is 25.1 Å². The van der Waals surface area contributed by atoms with Gasteiger partial charge in [0.25, 0.3) is 0 Å². The predicted octanol–water partition coefficient (Wildman–Crippen LogP) is 4.34. The topological polar surface area (TPSA) is 62.7 Å². The molecule has 0 bridgehead atoms. The van der Waals surface area contributed by atoms with Crippen LogP contribution >= 0.6 is 0 Å². The summed E-state index contributed by atoms with van der Waals surface area (Å²) in [5.74, 6) is -3.82. The van der Waals surface area contributed by atoms with Crippen molar-refractivity contribution in [3.05, 3.63) is 65.6 Å². The summed E-state index contributed by atoms with van der Waals surface area (Å²) in [6, 6.07) is 9.54. The van der Waals surface area contributed by atoms with E-state index >= 15 is 0 Å². The van der Waals surface area contributed by atoms with Gasteiger partial charge in [-0.05, 0) is 30.2 Å². The molecular formula is C17H14F3N5. The number of rotatable bonds is 5. The molecule has 2 aromatic carbocycles. The van der Waals surface area contributed by atoms with Crippen LogP contribution in [0.4, 0.5) is 36.3 Å². The predicted molar refractivity (Wildman–Crippen MR) is 88.5 cm³/mol. The van der Waals surface area contributed by atoms with Crippen LogP contribution in [0.3, 0.4) is 0 Å². The first-order valence-electron chi connectivity index (χ1n) is 7.53. The van der Waals surface area contributed by atoms with E-state index in [9.17, 15) is 13.2 Å². The van der Waals surface area contributed by atoms with Crippen molar-refractivity contribution in [2.45, 2.75) is 13.3 Å². The summed E-state index contributed by atoms with van der Waals surface area (Å²) >= 11 is 0. The molecule has 25 heavy (non-hydrogen) atoms. The average molecular weight is 345 g/mol. The Morgan fingerprint density at radius 1 is 0.920 bits per heavy atom. The van der Waals surface area contributed by atoms with Crippen LogP contribution in [0.2, 0.25) is 0 Å². The zero-order chi connectivity index (χ0) is 17.8. The summed E-state index contributed by atoms with van der Waals surface area (Å²) in [5, 5.41) is 13.2. The fraction of sp³-hybridized carbons (Fsp3) is 0.118. The fourth-order valence-electron chi connectivity index (χ4n) is 2.25. The molecular weight excluding hydrogens is 331 g/mol. The molecule has 128 valence electrons. The third kappa shape index (κ3) is 3.68. The van der Waals surface area contributed by atoms with Gasteiger partial charge in [-0.2, -0.15) is 10.1 Å². The van der Waals surface area contributed by atoms with E-state index in [0.29, 0.717) is 0 Å². The van der Waals surface area contributed by atoms with E-state index < -0.39 is 17.5 Å². The Morgan fingerprint density at radius 3 is 2.52 bits per heavy atom. The largest absolute Gasteiger partial charge is 0.336 e. The summed E-state index contributed by atoms with van der Waals surface area (Å²) in [6.07, 6.45) is 2.06. The molecule has 0 radical (unpaired) electrons. The van der Waals surface area contributed by atoms with Gasteiger partial charge in [0.05, 0.1) is 11.9 Å². The molecule has 0 atom stereocenters. The van der Waals surface area contributed by atoms with E-state index in [1.54, 1.807) is 0 Å². The van der Waals surface area contributed by atoms with Gasteiger partial charge < -0.3 is 10.6 Å². The van der Waals surface area contributed by atoms with E-state index in [0.717, 1.165) is 29.8 Å². The molecule has 0 fully saturated rings. The van der Waals surface area contributed by atoms with Crippen LogP contribution < -0.4 is 10.6 Å². The molecule has 0 aliphatic heterocycles. The quantitative estimate of drug-likeness (QED) is 0.674. The van der Waals surface area contributed by atoms with E-state index in [2.05, 4.69) is 25.8 Å². The normalized spacial score (nSPS) is 10.6. The maximum atomic E-state index is 13.7. The Kier molecular flexibility index (Phi) is 4.78. The van der Waals surface area contributed by atoms with Gasteiger partial charge in [0, 0.05) is 5.69 Å². The maximum absolute atomic E-state index is 13.7. The van der Waals surface area contributed by atoms with Crippen LogP contribution in [0.15, 0.2) is 42.6 Å². The van der Waals surface area contributed by atoms with Crippen molar-refractivity contribution in [2.75, 3.05) is 10.6 Å². The molecule has 5 nitrogen and oxygen atoms in total. The van der Waals surface area contributed by atoms with Crippen LogP contribution in [-0.4, -0.2) is 15.2 Å². The zero-order valence-electron chi connectivity index (χ0n) is 13.2. The first-order valence-corrected chi connectivity index (χ1v) is 7.53. The van der Waals surface area contributed by atoms with Crippen LogP contribution in [0.25, 0.3) is 0 Å². The standard InChI is InChI=1S/C17H14F3N5/c1-2-10-5-3-4-6-12(10)23-17-24-14(9-21-25-17)22-13-8-7-11(18)15(19)16(13)20/h3-9H,2H2,1H3,(H2,22,23,24,25). The zero-order valence-corrected chi connectivity index (χ0v) is 13.2. The number of aromatic nitrogens is 3. The summed E-state index contributed by atoms with van der Waals surface area (Å²) in [6.45, 7) is 2.02. The minimum absolute atomic E-state index is 0.136. The monoisotopic (exact) mass is 345 g/mol. The van der Waals surface area contributed by atoms with Gasteiger partial charge in [0.2, 0.25) is 5.95 Å². The highest BCUT2D eigenvalue weighted by Crippen LogP contribution is 2.23. The third-order valence-electron chi connectivity index (χ3n) is 3.50. The molecule has 0 spiro atoms. The summed E-state index contributed by atoms with van der Waals surface area (Å²) < 4.78 is 40.0. The van der Waals surface area contributed by atoms with Crippen LogP contribution in [-0.2, 0) is 6.42 Å². The second-order valence-electron chi connectivity index (χ2n) is 5.15. The van der Waals surface area contributed by atoms with E-state index in [4.69, 9.17) is 0 Å². The Balaban J connectivity index is 1.84. The van der Waals surface area contributed by atoms with Gasteiger partial charge in [-0.3, -0.25) is 0 Å². The molecule has 0 unspecified atom stereocenters. The van der Waals surface area contributed by atoms with Gasteiger partial charge in [0.15, 0.2) is 23.3 Å². The van der Waals surface area contributed by atoms with Crippen molar-refractivity contribution < 1.29 is 13.2 Å². The number of hydrogen-bond acceptors (Lipinski definition) is 5. The highest BCUT2D eigenvalue weighted by atomic mass is 19.2. The Labute approximate surface area is 141 Å². The molecule has 8 heteroatoms. The average Bonchev–Trinajstić information content (AvgIpc) is 2.63. The number of nitrogens with zero attached hydrogens (tertiary/aromatic N) is 3. The molecule has 3 aromatic rings. The van der Waals surface area contributed by atoms with Crippen molar-refractivity contribution >= 4 is 23.1 Å². The van der Waals surface area contributed by atoms with Gasteiger partial charge in [-0.25, -0.2) is 13.2 Å². The smallest absolute Gasteiger partial charge is 0.249 e. The molecule has 0 aliphatic rings. The Hall–Kier alpha value is -3.16. The molecule has 1 aromatic heterocycles. The minimum atomic E-state index is -1.55. The van der Waals surface area contributed by atoms with Crippen LogP contribution in [0.1, 0.15) is 12.5 Å². The minimum Gasteiger partial charge on any atom is -0.336 e. The van der Waals surface area contributed by atoms with Crippen molar-refractivity contribution in [3.63, 3.8) is 0 Å². The summed E-state index contributed by atoms with van der Waals surface area (Å²) in [5.41, 5.74) is 1.64. The lowest BCUT2D eigenvalue weighted by molar-refractivity contribution is 0.449. The summed E-state index contributed by atoms with van der Waals surface area (Å²) in [4.78, 5) is 4.15. The van der Waals surface area contributed by atoms with E-state index in [1.807, 2.05) is 31.2 Å². The lowest BCUT2D eigenvalue weighted by Crippen LogP contribution is -2.05.